The van der Waals surface area contributed by atoms with Crippen LogP contribution in [0.15, 0.2) is 24.3 Å². The SMILES string of the molecule is C[C@@H]1Cc2cc3c(cc2[C@@H](c2ccc(N)c([C@H]4CCN(CCCF)C4)n2)N1CC(F)(F)F)OCO3. The summed E-state index contributed by atoms with van der Waals surface area (Å²) in [5.74, 6) is 1.21. The van der Waals surface area contributed by atoms with E-state index < -0.39 is 18.8 Å². The lowest BCUT2D eigenvalue weighted by atomic mass is 9.86. The molecule has 0 amide bonds. The first kappa shape index (κ1) is 24.1. The molecule has 1 aromatic carbocycles. The van der Waals surface area contributed by atoms with E-state index >= 15 is 0 Å². The number of likely N-dealkylation sites (tertiary alicyclic amines) is 1. The molecule has 1 aromatic heterocycles. The minimum atomic E-state index is -4.36. The summed E-state index contributed by atoms with van der Waals surface area (Å²) >= 11 is 0. The average molecular weight is 495 g/mol. The van der Waals surface area contributed by atoms with Gasteiger partial charge in [0.1, 0.15) is 0 Å². The minimum absolute atomic E-state index is 0.0582. The Bertz CT molecular complexity index is 1080. The van der Waals surface area contributed by atoms with Crippen molar-refractivity contribution in [2.24, 2.45) is 0 Å². The number of fused-ring (bicyclic) bond motifs is 2. The summed E-state index contributed by atoms with van der Waals surface area (Å²) in [6, 6.07) is 6.09. The van der Waals surface area contributed by atoms with Crippen molar-refractivity contribution >= 4 is 5.69 Å². The largest absolute Gasteiger partial charge is 0.454 e. The quantitative estimate of drug-likeness (QED) is 0.600. The molecule has 10 heteroatoms. The Morgan fingerprint density at radius 3 is 2.69 bits per heavy atom. The number of aromatic nitrogens is 1. The topological polar surface area (TPSA) is 63.9 Å². The number of rotatable bonds is 6. The van der Waals surface area contributed by atoms with Gasteiger partial charge in [-0.25, -0.2) is 0 Å². The molecule has 3 aliphatic heterocycles. The van der Waals surface area contributed by atoms with Crippen molar-refractivity contribution in [3.05, 3.63) is 46.8 Å². The zero-order valence-corrected chi connectivity index (χ0v) is 19.7. The van der Waals surface area contributed by atoms with Gasteiger partial charge in [0.25, 0.3) is 0 Å². The number of nitrogens with zero attached hydrogens (tertiary/aromatic N) is 3. The van der Waals surface area contributed by atoms with Crippen LogP contribution in [0.5, 0.6) is 11.5 Å². The van der Waals surface area contributed by atoms with E-state index in [4.69, 9.17) is 20.2 Å². The molecular weight excluding hydrogens is 464 g/mol. The van der Waals surface area contributed by atoms with Gasteiger partial charge >= 0.3 is 6.18 Å². The van der Waals surface area contributed by atoms with E-state index in [2.05, 4.69) is 4.90 Å². The van der Waals surface area contributed by atoms with E-state index in [0.717, 1.165) is 24.1 Å². The fourth-order valence-electron chi connectivity index (χ4n) is 5.61. The Labute approximate surface area is 202 Å². The van der Waals surface area contributed by atoms with Gasteiger partial charge in [-0.15, -0.1) is 0 Å². The number of alkyl halides is 4. The van der Waals surface area contributed by atoms with Crippen LogP contribution in [0, 0.1) is 0 Å². The Balaban J connectivity index is 1.54. The summed E-state index contributed by atoms with van der Waals surface area (Å²) in [5, 5.41) is 0. The fraction of sp³-hybridized carbons (Fsp3) is 0.560. The number of hydrogen-bond acceptors (Lipinski definition) is 6. The van der Waals surface area contributed by atoms with E-state index in [9.17, 15) is 17.6 Å². The van der Waals surface area contributed by atoms with Crippen molar-refractivity contribution in [2.75, 3.05) is 45.4 Å². The van der Waals surface area contributed by atoms with Gasteiger partial charge in [-0.3, -0.25) is 14.3 Å². The molecule has 1 fully saturated rings. The lowest BCUT2D eigenvalue weighted by Gasteiger charge is -2.42. The van der Waals surface area contributed by atoms with Crippen LogP contribution >= 0.6 is 0 Å². The third-order valence-corrected chi connectivity index (χ3v) is 7.23. The number of nitrogens with two attached hydrogens (primary N) is 1. The van der Waals surface area contributed by atoms with E-state index in [1.165, 1.54) is 4.90 Å². The van der Waals surface area contributed by atoms with Gasteiger partial charge in [0, 0.05) is 25.0 Å². The molecule has 0 aliphatic carbocycles. The third kappa shape index (κ3) is 4.91. The van der Waals surface area contributed by atoms with Crippen molar-refractivity contribution in [1.82, 2.24) is 14.8 Å². The minimum Gasteiger partial charge on any atom is -0.454 e. The van der Waals surface area contributed by atoms with E-state index in [1.54, 1.807) is 18.2 Å². The molecule has 190 valence electrons. The van der Waals surface area contributed by atoms with E-state index in [1.807, 2.05) is 13.0 Å². The van der Waals surface area contributed by atoms with Gasteiger partial charge in [-0.05, 0) is 68.1 Å². The second kappa shape index (κ2) is 9.46. The first-order valence-corrected chi connectivity index (χ1v) is 12.0. The number of nitrogen functional groups attached to an aromatic ring is 1. The highest BCUT2D eigenvalue weighted by Crippen LogP contribution is 2.45. The summed E-state index contributed by atoms with van der Waals surface area (Å²) in [6.45, 7) is 2.71. The van der Waals surface area contributed by atoms with Crippen LogP contribution < -0.4 is 15.2 Å². The van der Waals surface area contributed by atoms with Crippen molar-refractivity contribution in [2.45, 2.75) is 50.4 Å². The maximum Gasteiger partial charge on any atom is 0.401 e. The number of halogens is 4. The van der Waals surface area contributed by atoms with Crippen molar-refractivity contribution in [3.8, 4) is 11.5 Å². The maximum absolute atomic E-state index is 13.7. The van der Waals surface area contributed by atoms with Crippen LogP contribution in [0.2, 0.25) is 0 Å². The molecular formula is C25H30F4N4O2. The standard InChI is InChI=1S/C25H30F4N4O2/c1-15-9-17-10-21-22(35-14-34-21)11-18(17)24(33(15)13-25(27,28)29)20-4-3-19(30)23(31-20)16-5-8-32(12-16)7-2-6-26/h3-4,10-11,15-16,24H,2,5-9,12-14,30H2,1H3/t15-,16+,24+/m1/s1. The maximum atomic E-state index is 13.7. The predicted octanol–water partition coefficient (Wildman–Crippen LogP) is 4.44. The average Bonchev–Trinajstić information content (AvgIpc) is 3.46. The predicted molar refractivity (Wildman–Crippen MR) is 123 cm³/mol. The smallest absolute Gasteiger partial charge is 0.401 e. The molecule has 5 rings (SSSR count). The van der Waals surface area contributed by atoms with Crippen LogP contribution in [0.3, 0.4) is 0 Å². The van der Waals surface area contributed by atoms with Crippen LogP contribution in [-0.2, 0) is 6.42 Å². The lowest BCUT2D eigenvalue weighted by molar-refractivity contribution is -0.155. The molecule has 3 aliphatic rings. The van der Waals surface area contributed by atoms with Crippen LogP contribution in [0.4, 0.5) is 23.2 Å². The van der Waals surface area contributed by atoms with Gasteiger partial charge in [0.2, 0.25) is 6.79 Å². The number of pyridine rings is 1. The number of ether oxygens (including phenoxy) is 2. The zero-order valence-electron chi connectivity index (χ0n) is 19.7. The number of benzene rings is 1. The summed E-state index contributed by atoms with van der Waals surface area (Å²) < 4.78 is 64.7. The van der Waals surface area contributed by atoms with E-state index in [0.29, 0.717) is 54.5 Å². The molecule has 0 bridgehead atoms. The van der Waals surface area contributed by atoms with Gasteiger partial charge in [0.15, 0.2) is 11.5 Å². The molecule has 0 spiro atoms. The Morgan fingerprint density at radius 1 is 1.17 bits per heavy atom. The first-order valence-electron chi connectivity index (χ1n) is 12.0. The van der Waals surface area contributed by atoms with Crippen LogP contribution in [-0.4, -0.2) is 66.6 Å². The van der Waals surface area contributed by atoms with Crippen LogP contribution in [0.25, 0.3) is 0 Å². The van der Waals surface area contributed by atoms with Gasteiger partial charge < -0.3 is 20.1 Å². The second-order valence-electron chi connectivity index (χ2n) is 9.69. The monoisotopic (exact) mass is 494 g/mol. The second-order valence-corrected chi connectivity index (χ2v) is 9.69. The summed E-state index contributed by atoms with van der Waals surface area (Å²) in [5.41, 5.74) is 9.76. The van der Waals surface area contributed by atoms with E-state index in [-0.39, 0.29) is 25.4 Å². The normalized spacial score (nSPS) is 24.7. The molecule has 2 aromatic rings. The number of anilines is 1. The molecule has 35 heavy (non-hydrogen) atoms. The highest BCUT2D eigenvalue weighted by atomic mass is 19.4. The Morgan fingerprint density at radius 2 is 1.94 bits per heavy atom. The molecule has 6 nitrogen and oxygen atoms in total. The summed E-state index contributed by atoms with van der Waals surface area (Å²) in [7, 11) is 0. The molecule has 0 unspecified atom stereocenters. The van der Waals surface area contributed by atoms with Gasteiger partial charge in [0.05, 0.1) is 36.3 Å². The van der Waals surface area contributed by atoms with Crippen molar-refractivity contribution in [1.29, 1.82) is 0 Å². The lowest BCUT2D eigenvalue weighted by Crippen LogP contribution is -2.47. The molecule has 1 saturated heterocycles. The van der Waals surface area contributed by atoms with Crippen molar-refractivity contribution in [3.63, 3.8) is 0 Å². The summed E-state index contributed by atoms with van der Waals surface area (Å²) in [6.07, 6.45) is -2.59. The molecule has 2 N–H and O–H groups in total. The highest BCUT2D eigenvalue weighted by Gasteiger charge is 2.42. The highest BCUT2D eigenvalue weighted by molar-refractivity contribution is 5.53. The fourth-order valence-corrected chi connectivity index (χ4v) is 5.61. The summed E-state index contributed by atoms with van der Waals surface area (Å²) in [4.78, 5) is 8.55. The molecule has 3 atom stereocenters. The molecule has 4 heterocycles. The third-order valence-electron chi connectivity index (χ3n) is 7.23. The number of hydrogen-bond donors (Lipinski definition) is 1. The first-order chi connectivity index (χ1) is 16.7. The van der Waals surface area contributed by atoms with Gasteiger partial charge in [-0.1, -0.05) is 0 Å². The van der Waals surface area contributed by atoms with Crippen molar-refractivity contribution < 1.29 is 27.0 Å². The molecule has 0 saturated carbocycles. The van der Waals surface area contributed by atoms with Crippen LogP contribution in [0.1, 0.15) is 54.2 Å². The Hall–Kier alpha value is -2.59. The zero-order chi connectivity index (χ0) is 24.7. The van der Waals surface area contributed by atoms with Gasteiger partial charge in [-0.2, -0.15) is 13.2 Å². The molecule has 0 radical (unpaired) electrons. The Kier molecular flexibility index (Phi) is 6.52.